The predicted molar refractivity (Wildman–Crippen MR) is 55.1 cm³/mol. The van der Waals surface area contributed by atoms with Crippen molar-refractivity contribution < 1.29 is 9.90 Å². The molecule has 1 amide bonds. The lowest BCUT2D eigenvalue weighted by molar-refractivity contribution is -0.121. The van der Waals surface area contributed by atoms with Gasteiger partial charge in [0.05, 0.1) is 0 Å². The first-order chi connectivity index (χ1) is 6.20. The van der Waals surface area contributed by atoms with E-state index in [1.807, 2.05) is 6.92 Å². The number of hydrazine groups is 1. The first-order valence-electron chi connectivity index (χ1n) is 4.38. The normalized spacial score (nSPS) is 12.5. The topological polar surface area (TPSA) is 75.3 Å². The van der Waals surface area contributed by atoms with Gasteiger partial charge in [-0.2, -0.15) is 11.8 Å². The molecule has 0 saturated carbocycles. The number of nitrogens with two attached hydrogens (primary N) is 1. The lowest BCUT2D eigenvalue weighted by atomic mass is 10.2. The van der Waals surface area contributed by atoms with Gasteiger partial charge >= 0.3 is 0 Å². The zero-order valence-corrected chi connectivity index (χ0v) is 8.77. The van der Waals surface area contributed by atoms with Gasteiger partial charge in [-0.15, -0.1) is 0 Å². The molecule has 0 radical (unpaired) electrons. The standard InChI is InChI=1S/C8H18N2O2S/c1-7(5-11)6-13-4-2-3-8(12)10-9/h7,11H,2-6,9H2,1H3,(H,10,12). The third-order valence-electron chi connectivity index (χ3n) is 1.57. The van der Waals surface area contributed by atoms with Crippen LogP contribution in [0.25, 0.3) is 0 Å². The van der Waals surface area contributed by atoms with Crippen molar-refractivity contribution in [3.63, 3.8) is 0 Å². The van der Waals surface area contributed by atoms with Crippen molar-refractivity contribution in [1.82, 2.24) is 5.43 Å². The van der Waals surface area contributed by atoms with Crippen LogP contribution in [0.15, 0.2) is 0 Å². The highest BCUT2D eigenvalue weighted by molar-refractivity contribution is 7.99. The van der Waals surface area contributed by atoms with Crippen LogP contribution in [0.5, 0.6) is 0 Å². The molecule has 13 heavy (non-hydrogen) atoms. The Morgan fingerprint density at radius 2 is 2.38 bits per heavy atom. The van der Waals surface area contributed by atoms with E-state index in [9.17, 15) is 4.79 Å². The van der Waals surface area contributed by atoms with Crippen LogP contribution in [0, 0.1) is 5.92 Å². The Hall–Kier alpha value is -0.260. The van der Waals surface area contributed by atoms with Crippen LogP contribution in [0.1, 0.15) is 19.8 Å². The van der Waals surface area contributed by atoms with E-state index in [1.54, 1.807) is 11.8 Å². The molecule has 0 bridgehead atoms. The average molecular weight is 206 g/mol. The van der Waals surface area contributed by atoms with Crippen molar-refractivity contribution in [2.45, 2.75) is 19.8 Å². The van der Waals surface area contributed by atoms with Gasteiger partial charge in [0, 0.05) is 13.0 Å². The second-order valence-electron chi connectivity index (χ2n) is 3.03. The van der Waals surface area contributed by atoms with E-state index in [4.69, 9.17) is 10.9 Å². The second-order valence-corrected chi connectivity index (χ2v) is 4.18. The summed E-state index contributed by atoms with van der Waals surface area (Å²) in [6.45, 7) is 2.23. The van der Waals surface area contributed by atoms with Crippen LogP contribution >= 0.6 is 11.8 Å². The Bertz CT molecular complexity index is 144. The van der Waals surface area contributed by atoms with Gasteiger partial charge in [0.1, 0.15) is 0 Å². The first-order valence-corrected chi connectivity index (χ1v) is 5.54. The third kappa shape index (κ3) is 8.08. The highest BCUT2D eigenvalue weighted by Gasteiger charge is 2.01. The molecule has 78 valence electrons. The number of amides is 1. The molecule has 1 atom stereocenters. The predicted octanol–water partition coefficient (Wildman–Crippen LogP) is 0.118. The van der Waals surface area contributed by atoms with Crippen LogP contribution in [0.2, 0.25) is 0 Å². The van der Waals surface area contributed by atoms with Crippen molar-refractivity contribution in [2.24, 2.45) is 11.8 Å². The van der Waals surface area contributed by atoms with Gasteiger partial charge in [0.2, 0.25) is 5.91 Å². The van der Waals surface area contributed by atoms with Crippen molar-refractivity contribution in [3.05, 3.63) is 0 Å². The van der Waals surface area contributed by atoms with E-state index in [1.165, 1.54) is 0 Å². The molecule has 0 spiro atoms. The monoisotopic (exact) mass is 206 g/mol. The van der Waals surface area contributed by atoms with E-state index in [0.717, 1.165) is 17.9 Å². The molecule has 5 heteroatoms. The Labute approximate surface area is 83.2 Å². The Morgan fingerprint density at radius 1 is 1.69 bits per heavy atom. The van der Waals surface area contributed by atoms with Crippen molar-refractivity contribution in [3.8, 4) is 0 Å². The third-order valence-corrected chi connectivity index (χ3v) is 2.95. The number of hydrogen-bond donors (Lipinski definition) is 3. The fraction of sp³-hybridized carbons (Fsp3) is 0.875. The number of rotatable bonds is 7. The maximum absolute atomic E-state index is 10.7. The van der Waals surface area contributed by atoms with Gasteiger partial charge in [-0.05, 0) is 23.8 Å². The zero-order valence-electron chi connectivity index (χ0n) is 7.95. The maximum atomic E-state index is 10.7. The summed E-state index contributed by atoms with van der Waals surface area (Å²) < 4.78 is 0. The number of carbonyl (C=O) groups is 1. The molecule has 0 aliphatic rings. The summed E-state index contributed by atoms with van der Waals surface area (Å²) in [4.78, 5) is 10.7. The van der Waals surface area contributed by atoms with Crippen LogP contribution in [-0.4, -0.2) is 29.1 Å². The number of carbonyl (C=O) groups excluding carboxylic acids is 1. The molecule has 0 aromatic heterocycles. The number of aliphatic hydroxyl groups excluding tert-OH is 1. The highest BCUT2D eigenvalue weighted by Crippen LogP contribution is 2.09. The van der Waals surface area contributed by atoms with Crippen molar-refractivity contribution in [2.75, 3.05) is 18.1 Å². The van der Waals surface area contributed by atoms with Gasteiger partial charge in [0.15, 0.2) is 0 Å². The molecule has 0 aliphatic carbocycles. The smallest absolute Gasteiger partial charge is 0.233 e. The SMILES string of the molecule is CC(CO)CSCCCC(=O)NN. The number of hydrogen-bond acceptors (Lipinski definition) is 4. The average Bonchev–Trinajstić information content (AvgIpc) is 2.16. The molecule has 4 N–H and O–H groups in total. The minimum absolute atomic E-state index is 0.115. The molecule has 0 heterocycles. The molecular formula is C8H18N2O2S. The quantitative estimate of drug-likeness (QED) is 0.239. The molecule has 0 aromatic rings. The number of aliphatic hydroxyl groups is 1. The lowest BCUT2D eigenvalue weighted by Gasteiger charge is -2.06. The van der Waals surface area contributed by atoms with E-state index >= 15 is 0 Å². The van der Waals surface area contributed by atoms with Crippen LogP contribution in [0.4, 0.5) is 0 Å². The van der Waals surface area contributed by atoms with Gasteiger partial charge in [-0.1, -0.05) is 6.92 Å². The minimum atomic E-state index is -0.115. The molecule has 0 aromatic carbocycles. The van der Waals surface area contributed by atoms with Gasteiger partial charge < -0.3 is 5.11 Å². The zero-order chi connectivity index (χ0) is 10.1. The summed E-state index contributed by atoms with van der Waals surface area (Å²) in [5.41, 5.74) is 2.09. The maximum Gasteiger partial charge on any atom is 0.233 e. The molecule has 0 aliphatic heterocycles. The van der Waals surface area contributed by atoms with Crippen molar-refractivity contribution in [1.29, 1.82) is 0 Å². The Kier molecular flexibility index (Phi) is 8.18. The van der Waals surface area contributed by atoms with E-state index in [0.29, 0.717) is 12.3 Å². The summed E-state index contributed by atoms with van der Waals surface area (Å²) in [5, 5.41) is 8.72. The second kappa shape index (κ2) is 8.34. The lowest BCUT2D eigenvalue weighted by Crippen LogP contribution is -2.29. The van der Waals surface area contributed by atoms with Gasteiger partial charge in [0.25, 0.3) is 0 Å². The van der Waals surface area contributed by atoms with Gasteiger partial charge in [-0.25, -0.2) is 5.84 Å². The van der Waals surface area contributed by atoms with E-state index in [2.05, 4.69) is 5.43 Å². The van der Waals surface area contributed by atoms with Gasteiger partial charge in [-0.3, -0.25) is 10.2 Å². The Morgan fingerprint density at radius 3 is 2.92 bits per heavy atom. The fourth-order valence-corrected chi connectivity index (χ4v) is 1.77. The molecule has 1 unspecified atom stereocenters. The Balaban J connectivity index is 3.12. The van der Waals surface area contributed by atoms with Crippen LogP contribution in [-0.2, 0) is 4.79 Å². The summed E-state index contributed by atoms with van der Waals surface area (Å²) in [6, 6.07) is 0. The summed E-state index contributed by atoms with van der Waals surface area (Å²) >= 11 is 1.76. The highest BCUT2D eigenvalue weighted by atomic mass is 32.2. The van der Waals surface area contributed by atoms with E-state index < -0.39 is 0 Å². The molecule has 0 fully saturated rings. The minimum Gasteiger partial charge on any atom is -0.396 e. The molecular weight excluding hydrogens is 188 g/mol. The molecule has 0 rings (SSSR count). The summed E-state index contributed by atoms with van der Waals surface area (Å²) in [6.07, 6.45) is 1.32. The summed E-state index contributed by atoms with van der Waals surface area (Å²) in [5.74, 6) is 7.03. The largest absolute Gasteiger partial charge is 0.396 e. The van der Waals surface area contributed by atoms with Crippen molar-refractivity contribution >= 4 is 17.7 Å². The van der Waals surface area contributed by atoms with E-state index in [-0.39, 0.29) is 12.5 Å². The summed E-state index contributed by atoms with van der Waals surface area (Å²) in [7, 11) is 0. The number of nitrogens with one attached hydrogen (secondary N) is 1. The van der Waals surface area contributed by atoms with Crippen LogP contribution in [0.3, 0.4) is 0 Å². The first kappa shape index (κ1) is 12.7. The van der Waals surface area contributed by atoms with Crippen LogP contribution < -0.4 is 11.3 Å². The molecule has 4 nitrogen and oxygen atoms in total. The number of thioether (sulfide) groups is 1. The fourth-order valence-electron chi connectivity index (χ4n) is 0.744. The molecule has 0 saturated heterocycles.